The molecule has 0 aliphatic rings. The molecule has 74 valence electrons. The van der Waals surface area contributed by atoms with Crippen LogP contribution in [-0.4, -0.2) is 10.2 Å². The van der Waals surface area contributed by atoms with Gasteiger partial charge in [0.1, 0.15) is 0 Å². The van der Waals surface area contributed by atoms with E-state index in [1.165, 1.54) is 10.9 Å². The number of hydrogen-bond acceptors (Lipinski definition) is 2. The minimum Gasteiger partial charge on any atom is -0.357 e. The summed E-state index contributed by atoms with van der Waals surface area (Å²) in [5.41, 5.74) is 5.43. The minimum absolute atomic E-state index is 0.443. The van der Waals surface area contributed by atoms with Gasteiger partial charge in [-0.25, -0.2) is 0 Å². The summed E-state index contributed by atoms with van der Waals surface area (Å²) in [4.78, 5) is 3.25. The van der Waals surface area contributed by atoms with Crippen molar-refractivity contribution in [3.63, 3.8) is 0 Å². The largest absolute Gasteiger partial charge is 0.357 e. The van der Waals surface area contributed by atoms with Crippen LogP contribution >= 0.6 is 15.9 Å². The highest BCUT2D eigenvalue weighted by Crippen LogP contribution is 2.24. The normalized spacial score (nSPS) is 11.1. The first-order chi connectivity index (χ1) is 6.72. The molecule has 0 atom stereocenters. The molecule has 14 heavy (non-hydrogen) atoms. The average molecular weight is 255 g/mol. The molecule has 0 bridgehead atoms. The molecule has 0 amide bonds. The van der Waals surface area contributed by atoms with Gasteiger partial charge in [-0.05, 0) is 30.7 Å². The molecule has 0 aliphatic heterocycles. The molecule has 1 aromatic carbocycles. The topological polar surface area (TPSA) is 48.0 Å². The van der Waals surface area contributed by atoms with Gasteiger partial charge in [0.2, 0.25) is 0 Å². The summed E-state index contributed by atoms with van der Waals surface area (Å²) in [7, 11) is 0. The standard InChI is InChI=1S/C10H11BrN2O/c1-6-8-4-7(11)2-3-9(8)13-10(6)5-12-14/h2-4,12-14H,5H2,1H3. The Kier molecular flexibility index (Phi) is 2.58. The molecule has 2 rings (SSSR count). The third-order valence-electron chi connectivity index (χ3n) is 2.38. The third kappa shape index (κ3) is 1.56. The van der Waals surface area contributed by atoms with Crippen LogP contribution in [0.15, 0.2) is 22.7 Å². The van der Waals surface area contributed by atoms with Crippen molar-refractivity contribution in [3.05, 3.63) is 33.9 Å². The fourth-order valence-corrected chi connectivity index (χ4v) is 1.97. The molecule has 0 unspecified atom stereocenters. The second-order valence-electron chi connectivity index (χ2n) is 3.25. The van der Waals surface area contributed by atoms with Crippen molar-refractivity contribution < 1.29 is 5.21 Å². The first kappa shape index (κ1) is 9.71. The van der Waals surface area contributed by atoms with Crippen LogP contribution in [0.3, 0.4) is 0 Å². The summed E-state index contributed by atoms with van der Waals surface area (Å²) in [6, 6.07) is 6.09. The smallest absolute Gasteiger partial charge is 0.0612 e. The molecular formula is C10H11BrN2O. The molecule has 0 spiro atoms. The monoisotopic (exact) mass is 254 g/mol. The lowest BCUT2D eigenvalue weighted by Crippen LogP contribution is -2.07. The van der Waals surface area contributed by atoms with Gasteiger partial charge in [-0.2, -0.15) is 5.48 Å². The lowest BCUT2D eigenvalue weighted by Gasteiger charge is -1.96. The Morgan fingerprint density at radius 3 is 3.00 bits per heavy atom. The van der Waals surface area contributed by atoms with Crippen LogP contribution in [0.5, 0.6) is 0 Å². The van der Waals surface area contributed by atoms with Crippen LogP contribution in [0.25, 0.3) is 10.9 Å². The van der Waals surface area contributed by atoms with Crippen LogP contribution in [0.4, 0.5) is 0 Å². The van der Waals surface area contributed by atoms with Gasteiger partial charge in [0.25, 0.3) is 0 Å². The van der Waals surface area contributed by atoms with E-state index in [1.807, 2.05) is 19.1 Å². The minimum atomic E-state index is 0.443. The van der Waals surface area contributed by atoms with Gasteiger partial charge in [-0.3, -0.25) is 0 Å². The van der Waals surface area contributed by atoms with Crippen molar-refractivity contribution in [1.82, 2.24) is 10.5 Å². The zero-order valence-electron chi connectivity index (χ0n) is 7.76. The highest BCUT2D eigenvalue weighted by atomic mass is 79.9. The molecule has 2 aromatic rings. The highest BCUT2D eigenvalue weighted by molar-refractivity contribution is 9.10. The summed E-state index contributed by atoms with van der Waals surface area (Å²) in [6.07, 6.45) is 0. The van der Waals surface area contributed by atoms with E-state index in [4.69, 9.17) is 5.21 Å². The maximum Gasteiger partial charge on any atom is 0.0612 e. The number of nitrogens with one attached hydrogen (secondary N) is 2. The number of hydrogen-bond donors (Lipinski definition) is 3. The Labute approximate surface area is 90.2 Å². The average Bonchev–Trinajstić information content (AvgIpc) is 2.46. The van der Waals surface area contributed by atoms with Crippen molar-refractivity contribution in [1.29, 1.82) is 0 Å². The van der Waals surface area contributed by atoms with E-state index in [0.29, 0.717) is 6.54 Å². The Hall–Kier alpha value is -0.840. The second-order valence-corrected chi connectivity index (χ2v) is 4.17. The summed E-state index contributed by atoms with van der Waals surface area (Å²) < 4.78 is 1.07. The maximum atomic E-state index is 8.64. The second kappa shape index (κ2) is 3.73. The van der Waals surface area contributed by atoms with E-state index < -0.39 is 0 Å². The first-order valence-corrected chi connectivity index (χ1v) is 5.15. The number of halogens is 1. The lowest BCUT2D eigenvalue weighted by atomic mass is 10.1. The predicted octanol–water partition coefficient (Wildman–Crippen LogP) is 2.72. The van der Waals surface area contributed by atoms with E-state index in [-0.39, 0.29) is 0 Å². The van der Waals surface area contributed by atoms with Crippen LogP contribution in [0, 0.1) is 6.92 Å². The lowest BCUT2D eigenvalue weighted by molar-refractivity contribution is 0.160. The third-order valence-corrected chi connectivity index (χ3v) is 2.87. The zero-order valence-corrected chi connectivity index (χ0v) is 9.35. The van der Waals surface area contributed by atoms with Crippen molar-refractivity contribution >= 4 is 26.8 Å². The summed E-state index contributed by atoms with van der Waals surface area (Å²) in [5.74, 6) is 0. The summed E-state index contributed by atoms with van der Waals surface area (Å²) >= 11 is 3.44. The van der Waals surface area contributed by atoms with Gasteiger partial charge in [0.05, 0.1) is 6.54 Å². The predicted molar refractivity (Wildman–Crippen MR) is 59.4 cm³/mol. The van der Waals surface area contributed by atoms with Crippen molar-refractivity contribution in [2.45, 2.75) is 13.5 Å². The van der Waals surface area contributed by atoms with Crippen LogP contribution in [0.1, 0.15) is 11.3 Å². The number of benzene rings is 1. The Bertz CT molecular complexity index is 464. The number of aryl methyl sites for hydroxylation is 1. The number of hydroxylamine groups is 1. The molecular weight excluding hydrogens is 244 g/mol. The summed E-state index contributed by atoms with van der Waals surface area (Å²) in [6.45, 7) is 2.48. The quantitative estimate of drug-likeness (QED) is 0.722. The SMILES string of the molecule is Cc1c(CNO)[nH]c2ccc(Br)cc12. The fraction of sp³-hybridized carbons (Fsp3) is 0.200. The van der Waals surface area contributed by atoms with Gasteiger partial charge < -0.3 is 10.2 Å². The molecule has 0 radical (unpaired) electrons. The number of fused-ring (bicyclic) bond motifs is 1. The molecule has 3 N–H and O–H groups in total. The van der Waals surface area contributed by atoms with Crippen molar-refractivity contribution in [3.8, 4) is 0 Å². The van der Waals surface area contributed by atoms with Crippen LogP contribution in [-0.2, 0) is 6.54 Å². The molecule has 0 fully saturated rings. The van der Waals surface area contributed by atoms with Crippen LogP contribution in [0.2, 0.25) is 0 Å². The zero-order chi connectivity index (χ0) is 10.1. The van der Waals surface area contributed by atoms with Gasteiger partial charge >= 0.3 is 0 Å². The highest BCUT2D eigenvalue weighted by Gasteiger charge is 2.06. The first-order valence-electron chi connectivity index (χ1n) is 4.36. The van der Waals surface area contributed by atoms with Gasteiger partial charge in [0, 0.05) is 21.1 Å². The Morgan fingerprint density at radius 1 is 1.50 bits per heavy atom. The molecule has 0 aliphatic carbocycles. The van der Waals surface area contributed by atoms with Crippen molar-refractivity contribution in [2.75, 3.05) is 0 Å². The number of rotatable bonds is 2. The molecule has 1 heterocycles. The maximum absolute atomic E-state index is 8.64. The van der Waals surface area contributed by atoms with E-state index in [1.54, 1.807) is 0 Å². The van der Waals surface area contributed by atoms with Gasteiger partial charge in [-0.1, -0.05) is 15.9 Å². The molecule has 0 saturated heterocycles. The van der Waals surface area contributed by atoms with E-state index >= 15 is 0 Å². The van der Waals surface area contributed by atoms with Gasteiger partial charge in [0.15, 0.2) is 0 Å². The summed E-state index contributed by atoms with van der Waals surface area (Å²) in [5, 5.41) is 9.83. The van der Waals surface area contributed by atoms with Gasteiger partial charge in [-0.15, -0.1) is 0 Å². The number of aromatic amines is 1. The van der Waals surface area contributed by atoms with E-state index in [2.05, 4.69) is 32.5 Å². The Balaban J connectivity index is 2.62. The van der Waals surface area contributed by atoms with E-state index in [0.717, 1.165) is 15.7 Å². The molecule has 0 saturated carbocycles. The molecule has 3 nitrogen and oxygen atoms in total. The fourth-order valence-electron chi connectivity index (χ4n) is 1.61. The van der Waals surface area contributed by atoms with Crippen molar-refractivity contribution in [2.24, 2.45) is 0 Å². The molecule has 1 aromatic heterocycles. The molecule has 4 heteroatoms. The van der Waals surface area contributed by atoms with E-state index in [9.17, 15) is 0 Å². The Morgan fingerprint density at radius 2 is 2.29 bits per heavy atom. The number of aromatic nitrogens is 1. The van der Waals surface area contributed by atoms with Crippen LogP contribution < -0.4 is 5.48 Å². The number of H-pyrrole nitrogens is 1.